The van der Waals surface area contributed by atoms with Crippen molar-refractivity contribution in [3.8, 4) is 0 Å². The molecule has 1 aliphatic carbocycles. The number of benzene rings is 1. The number of hydrogen-bond acceptors (Lipinski definition) is 3. The van der Waals surface area contributed by atoms with Crippen molar-refractivity contribution in [2.24, 2.45) is 11.1 Å². The van der Waals surface area contributed by atoms with Crippen LogP contribution in [0.2, 0.25) is 0 Å². The maximum absolute atomic E-state index is 13.8. The lowest BCUT2D eigenvalue weighted by molar-refractivity contribution is -0.134. The van der Waals surface area contributed by atoms with Gasteiger partial charge in [0.1, 0.15) is 5.82 Å². The van der Waals surface area contributed by atoms with Crippen LogP contribution in [-0.4, -0.2) is 42.0 Å². The number of amides is 1. The second-order valence-electron chi connectivity index (χ2n) is 5.68. The van der Waals surface area contributed by atoms with Crippen LogP contribution in [0.25, 0.3) is 0 Å². The van der Waals surface area contributed by atoms with Crippen LogP contribution in [0.4, 0.5) is 10.1 Å². The molecule has 4 nitrogen and oxygen atoms in total. The Morgan fingerprint density at radius 3 is 2.33 bits per heavy atom. The first-order valence-corrected chi connectivity index (χ1v) is 7.54. The number of piperazine rings is 1. The summed E-state index contributed by atoms with van der Waals surface area (Å²) in [5.74, 6) is -0.178. The van der Waals surface area contributed by atoms with Gasteiger partial charge in [-0.05, 0) is 25.0 Å². The Hall–Kier alpha value is -1.69. The molecule has 0 spiro atoms. The summed E-state index contributed by atoms with van der Waals surface area (Å²) in [7, 11) is 0. The molecule has 0 atom stereocenters. The Bertz CT molecular complexity index is 580. The predicted molar refractivity (Wildman–Crippen MR) is 83.6 cm³/mol. The van der Waals surface area contributed by atoms with E-state index in [1.807, 2.05) is 15.9 Å². The van der Waals surface area contributed by atoms with Crippen molar-refractivity contribution >= 4 is 28.8 Å². The van der Waals surface area contributed by atoms with Gasteiger partial charge < -0.3 is 15.5 Å². The van der Waals surface area contributed by atoms with Gasteiger partial charge in [0.25, 0.3) is 0 Å². The second-order valence-corrected chi connectivity index (χ2v) is 6.12. The van der Waals surface area contributed by atoms with E-state index in [4.69, 9.17) is 18.0 Å². The number of thiocarbonyl (C=S) groups is 1. The molecule has 2 fully saturated rings. The van der Waals surface area contributed by atoms with E-state index in [-0.39, 0.29) is 11.7 Å². The van der Waals surface area contributed by atoms with Crippen molar-refractivity contribution in [1.82, 2.24) is 4.90 Å². The number of hydrogen-bond donors (Lipinski definition) is 1. The first-order chi connectivity index (χ1) is 10.0. The molecule has 112 valence electrons. The molecule has 1 aliphatic heterocycles. The van der Waals surface area contributed by atoms with E-state index in [1.165, 1.54) is 6.07 Å². The van der Waals surface area contributed by atoms with Gasteiger partial charge in [-0.1, -0.05) is 24.4 Å². The van der Waals surface area contributed by atoms with E-state index in [0.717, 1.165) is 12.8 Å². The number of nitrogens with two attached hydrogens (primary N) is 1. The van der Waals surface area contributed by atoms with Crippen LogP contribution in [0.15, 0.2) is 24.3 Å². The molecule has 1 heterocycles. The Kier molecular flexibility index (Phi) is 3.57. The van der Waals surface area contributed by atoms with Crippen LogP contribution >= 0.6 is 12.2 Å². The van der Waals surface area contributed by atoms with Gasteiger partial charge in [-0.25, -0.2) is 4.39 Å². The molecule has 2 aliphatic rings. The van der Waals surface area contributed by atoms with Gasteiger partial charge in [-0.15, -0.1) is 0 Å². The molecule has 1 saturated carbocycles. The van der Waals surface area contributed by atoms with Crippen molar-refractivity contribution in [3.05, 3.63) is 30.1 Å². The predicted octanol–water partition coefficient (Wildman–Crippen LogP) is 1.54. The minimum absolute atomic E-state index is 0.0446. The molecule has 1 saturated heterocycles. The third-order valence-corrected chi connectivity index (χ3v) is 4.78. The highest BCUT2D eigenvalue weighted by Gasteiger charge is 2.54. The zero-order chi connectivity index (χ0) is 15.0. The van der Waals surface area contributed by atoms with Crippen molar-refractivity contribution in [2.75, 3.05) is 31.1 Å². The molecule has 1 aromatic rings. The lowest BCUT2D eigenvalue weighted by Crippen LogP contribution is -2.52. The highest BCUT2D eigenvalue weighted by Crippen LogP contribution is 2.47. The third-order valence-electron chi connectivity index (χ3n) is 4.39. The minimum atomic E-state index is -0.588. The zero-order valence-corrected chi connectivity index (χ0v) is 12.5. The summed E-state index contributed by atoms with van der Waals surface area (Å²) in [4.78, 5) is 16.6. The molecule has 2 N–H and O–H groups in total. The Morgan fingerprint density at radius 2 is 1.81 bits per heavy atom. The van der Waals surface area contributed by atoms with Gasteiger partial charge in [-0.3, -0.25) is 4.79 Å². The first-order valence-electron chi connectivity index (χ1n) is 7.13. The summed E-state index contributed by atoms with van der Waals surface area (Å²) in [6, 6.07) is 6.72. The standard InChI is InChI=1S/C15H18FN3OS/c16-11-3-1-2-4-12(11)18-7-9-19(10-8-18)14(20)15(5-6-15)13(17)21/h1-4H,5-10H2,(H2,17,21). The van der Waals surface area contributed by atoms with E-state index in [1.54, 1.807) is 12.1 Å². The number of halogens is 1. The smallest absolute Gasteiger partial charge is 0.235 e. The SMILES string of the molecule is NC(=S)C1(C(=O)N2CCN(c3ccccc3F)CC2)CC1. The quantitative estimate of drug-likeness (QED) is 0.861. The molecular weight excluding hydrogens is 289 g/mol. The van der Waals surface area contributed by atoms with E-state index >= 15 is 0 Å². The van der Waals surface area contributed by atoms with Crippen molar-refractivity contribution < 1.29 is 9.18 Å². The van der Waals surface area contributed by atoms with Crippen molar-refractivity contribution in [1.29, 1.82) is 0 Å². The zero-order valence-electron chi connectivity index (χ0n) is 11.7. The maximum atomic E-state index is 13.8. The molecule has 6 heteroatoms. The fraction of sp³-hybridized carbons (Fsp3) is 0.467. The molecule has 0 aromatic heterocycles. The van der Waals surface area contributed by atoms with Crippen LogP contribution in [0.3, 0.4) is 0 Å². The summed E-state index contributed by atoms with van der Waals surface area (Å²) in [5.41, 5.74) is 5.71. The van der Waals surface area contributed by atoms with Gasteiger partial charge in [0, 0.05) is 26.2 Å². The molecule has 0 unspecified atom stereocenters. The Labute approximate surface area is 128 Å². The highest BCUT2D eigenvalue weighted by atomic mass is 32.1. The van der Waals surface area contributed by atoms with Crippen LogP contribution in [-0.2, 0) is 4.79 Å². The minimum Gasteiger partial charge on any atom is -0.392 e. The van der Waals surface area contributed by atoms with E-state index in [2.05, 4.69) is 0 Å². The molecular formula is C15H18FN3OS. The Morgan fingerprint density at radius 1 is 1.19 bits per heavy atom. The van der Waals surface area contributed by atoms with Gasteiger partial charge in [-0.2, -0.15) is 0 Å². The van der Waals surface area contributed by atoms with Crippen molar-refractivity contribution in [3.63, 3.8) is 0 Å². The molecule has 1 aromatic carbocycles. The summed E-state index contributed by atoms with van der Waals surface area (Å²) in [6.45, 7) is 2.41. The number of rotatable bonds is 3. The lowest BCUT2D eigenvalue weighted by Gasteiger charge is -2.37. The molecule has 21 heavy (non-hydrogen) atoms. The average molecular weight is 307 g/mol. The molecule has 0 radical (unpaired) electrons. The topological polar surface area (TPSA) is 49.6 Å². The lowest BCUT2D eigenvalue weighted by atomic mass is 10.0. The largest absolute Gasteiger partial charge is 0.392 e. The number of para-hydroxylation sites is 1. The molecule has 3 rings (SSSR count). The van der Waals surface area contributed by atoms with E-state index in [0.29, 0.717) is 36.9 Å². The van der Waals surface area contributed by atoms with Crippen LogP contribution in [0, 0.1) is 11.2 Å². The van der Waals surface area contributed by atoms with Gasteiger partial charge in [0.2, 0.25) is 5.91 Å². The van der Waals surface area contributed by atoms with Gasteiger partial charge >= 0.3 is 0 Å². The average Bonchev–Trinajstić information content (AvgIpc) is 3.29. The van der Waals surface area contributed by atoms with Gasteiger partial charge in [0.05, 0.1) is 16.1 Å². The van der Waals surface area contributed by atoms with Gasteiger partial charge in [0.15, 0.2) is 0 Å². The van der Waals surface area contributed by atoms with E-state index < -0.39 is 5.41 Å². The third kappa shape index (κ3) is 2.48. The summed E-state index contributed by atoms with van der Waals surface area (Å²) >= 11 is 5.03. The van der Waals surface area contributed by atoms with Crippen LogP contribution in [0.5, 0.6) is 0 Å². The Balaban J connectivity index is 1.65. The fourth-order valence-electron chi connectivity index (χ4n) is 2.85. The number of nitrogens with zero attached hydrogens (tertiary/aromatic N) is 2. The first kappa shape index (κ1) is 14.3. The maximum Gasteiger partial charge on any atom is 0.235 e. The van der Waals surface area contributed by atoms with Crippen molar-refractivity contribution in [2.45, 2.75) is 12.8 Å². The van der Waals surface area contributed by atoms with Crippen LogP contribution < -0.4 is 10.6 Å². The highest BCUT2D eigenvalue weighted by molar-refractivity contribution is 7.80. The fourth-order valence-corrected chi connectivity index (χ4v) is 3.14. The second kappa shape index (κ2) is 5.26. The summed E-state index contributed by atoms with van der Waals surface area (Å²) in [5, 5.41) is 0. The molecule has 1 amide bonds. The summed E-state index contributed by atoms with van der Waals surface area (Å²) in [6.07, 6.45) is 1.52. The normalized spacial score (nSPS) is 20.2. The number of carbonyl (C=O) groups excluding carboxylic acids is 1. The van der Waals surface area contributed by atoms with E-state index in [9.17, 15) is 9.18 Å². The summed E-state index contributed by atoms with van der Waals surface area (Å²) < 4.78 is 13.8. The van der Waals surface area contributed by atoms with Crippen LogP contribution in [0.1, 0.15) is 12.8 Å². The monoisotopic (exact) mass is 307 g/mol. The number of anilines is 1. The number of carbonyl (C=O) groups is 1. The molecule has 0 bridgehead atoms.